The fraction of sp³-hybridized carbons (Fsp3) is 0.218. The van der Waals surface area contributed by atoms with Crippen molar-refractivity contribution in [3.8, 4) is 46.0 Å². The first-order chi connectivity index (χ1) is 36.9. The van der Waals surface area contributed by atoms with E-state index in [1.807, 2.05) is 36.4 Å². The van der Waals surface area contributed by atoms with Crippen LogP contribution in [0.25, 0.3) is 0 Å². The number of carbonyl (C=O) groups is 1. The third-order valence-electron chi connectivity index (χ3n) is 9.75. The van der Waals surface area contributed by atoms with Gasteiger partial charge in [-0.05, 0) is 136 Å². The molecule has 0 spiro atoms. The summed E-state index contributed by atoms with van der Waals surface area (Å²) in [6.07, 6.45) is -5.06. The molecule has 0 saturated heterocycles. The van der Waals surface area contributed by atoms with Crippen LogP contribution in [0, 0.1) is 0 Å². The number of rotatable bonds is 23. The number of alkyl halides is 3. The van der Waals surface area contributed by atoms with Crippen LogP contribution in [0.15, 0.2) is 170 Å². The van der Waals surface area contributed by atoms with Crippen molar-refractivity contribution in [2.24, 2.45) is 0 Å². The number of benzene rings is 7. The quantitative estimate of drug-likeness (QED) is 0.0348. The van der Waals surface area contributed by atoms with Gasteiger partial charge in [-0.3, -0.25) is 9.13 Å². The minimum absolute atomic E-state index is 0.0693. The number of aromatic hydroxyl groups is 1. The summed E-state index contributed by atoms with van der Waals surface area (Å²) >= 11 is 5.60. The zero-order valence-electron chi connectivity index (χ0n) is 42.4. The number of anilines is 3. The normalized spacial score (nSPS) is 11.2. The standard InChI is InChI=1S/C25H25ClF3N2O6P.C17H22NO5P.C13H12O2/c1-3-35-38(33,36-4-2)16-34-20-6-5-7-21(15-20)37-19-11-8-17(9-12-19)30-24(32)31-18-10-13-23(26)22(14-18)25(27,28)29;1-3-21-24(19,22-4-2)13-20-16-6-5-7-17(12-16)23-15-10-8-14(18)9-11-15;14-12-7-4-8-13(9-12)15-10-11-5-2-1-3-6-11/h5-15H,3-4,16H2,1-2H3,(H2,30,31,32);5-12H,3-4,13,18H2,1-2H3;1-9,14H,10H2. The molecular formula is C55H59ClF3N3O13P2. The molecule has 0 bridgehead atoms. The summed E-state index contributed by atoms with van der Waals surface area (Å²) in [6, 6.07) is 46.1. The van der Waals surface area contributed by atoms with Crippen molar-refractivity contribution in [1.29, 1.82) is 0 Å². The lowest BCUT2D eigenvalue weighted by Gasteiger charge is -2.17. The minimum atomic E-state index is -4.65. The van der Waals surface area contributed by atoms with E-state index in [1.54, 1.807) is 143 Å². The Morgan fingerprint density at radius 2 is 0.974 bits per heavy atom. The second kappa shape index (κ2) is 30.5. The molecule has 7 aromatic carbocycles. The molecule has 0 fully saturated rings. The highest BCUT2D eigenvalue weighted by molar-refractivity contribution is 7.53. The summed E-state index contributed by atoms with van der Waals surface area (Å²) in [7, 11) is -6.63. The summed E-state index contributed by atoms with van der Waals surface area (Å²) in [5.74, 6) is 3.95. The monoisotopic (exact) mass is 1120 g/mol. The molecule has 7 aromatic rings. The van der Waals surface area contributed by atoms with E-state index in [0.717, 1.165) is 17.7 Å². The molecule has 5 N–H and O–H groups in total. The molecule has 0 aromatic heterocycles. The Balaban J connectivity index is 0.000000237. The number of nitrogen functional groups attached to an aromatic ring is 1. The van der Waals surface area contributed by atoms with Gasteiger partial charge in [0.15, 0.2) is 12.7 Å². The van der Waals surface area contributed by atoms with E-state index in [2.05, 4.69) is 10.6 Å². The van der Waals surface area contributed by atoms with Crippen LogP contribution in [0.2, 0.25) is 5.02 Å². The number of hydrogen-bond acceptors (Lipinski definition) is 14. The summed E-state index contributed by atoms with van der Waals surface area (Å²) in [5.41, 5.74) is 6.68. The fourth-order valence-electron chi connectivity index (χ4n) is 6.41. The molecular weight excluding hydrogens is 1070 g/mol. The third-order valence-corrected chi connectivity index (χ3v) is 13.6. The average molecular weight is 1120 g/mol. The molecule has 22 heteroatoms. The van der Waals surface area contributed by atoms with E-state index in [0.29, 0.717) is 71.4 Å². The van der Waals surface area contributed by atoms with Crippen LogP contribution in [0.5, 0.6) is 46.0 Å². The number of halogens is 4. The van der Waals surface area contributed by atoms with Gasteiger partial charge in [0.05, 0.1) is 37.0 Å². The van der Waals surface area contributed by atoms with Crippen LogP contribution < -0.4 is 40.1 Å². The number of amides is 2. The number of carbonyl (C=O) groups excluding carboxylic acids is 1. The predicted molar refractivity (Wildman–Crippen MR) is 291 cm³/mol. The number of nitrogens with one attached hydrogen (secondary N) is 2. The average Bonchev–Trinajstić information content (AvgIpc) is 3.40. The lowest BCUT2D eigenvalue weighted by Crippen LogP contribution is -2.19. The zero-order valence-corrected chi connectivity index (χ0v) is 45.0. The lowest BCUT2D eigenvalue weighted by atomic mass is 10.2. The molecule has 0 unspecified atom stereocenters. The van der Waals surface area contributed by atoms with Crippen LogP contribution in [-0.4, -0.2) is 50.3 Å². The van der Waals surface area contributed by atoms with Gasteiger partial charge in [-0.15, -0.1) is 0 Å². The number of phenols is 1. The first-order valence-electron chi connectivity index (χ1n) is 23.8. The predicted octanol–water partition coefficient (Wildman–Crippen LogP) is 16.0. The topological polar surface area (TPSA) is 205 Å². The molecule has 2 amide bonds. The Labute approximate surface area is 450 Å². The highest BCUT2D eigenvalue weighted by atomic mass is 35.5. The van der Waals surface area contributed by atoms with Gasteiger partial charge in [-0.2, -0.15) is 13.2 Å². The first kappa shape index (κ1) is 60.7. The van der Waals surface area contributed by atoms with E-state index < -0.39 is 38.0 Å². The van der Waals surface area contributed by atoms with Crippen LogP contribution in [0.4, 0.5) is 35.0 Å². The van der Waals surface area contributed by atoms with Crippen molar-refractivity contribution in [2.45, 2.75) is 40.5 Å². The molecule has 0 radical (unpaired) electrons. The van der Waals surface area contributed by atoms with Crippen LogP contribution in [0.1, 0.15) is 38.8 Å². The second-order valence-corrected chi connectivity index (χ2v) is 20.1. The number of hydrogen-bond donors (Lipinski definition) is 4. The Bertz CT molecular complexity index is 3000. The largest absolute Gasteiger partial charge is 0.508 e. The van der Waals surface area contributed by atoms with Gasteiger partial charge in [0.25, 0.3) is 0 Å². The van der Waals surface area contributed by atoms with Crippen molar-refractivity contribution >= 4 is 49.9 Å². The van der Waals surface area contributed by atoms with E-state index >= 15 is 0 Å². The van der Waals surface area contributed by atoms with Gasteiger partial charge in [0, 0.05) is 35.3 Å². The molecule has 0 saturated carbocycles. The van der Waals surface area contributed by atoms with Crippen LogP contribution >= 0.6 is 26.8 Å². The summed E-state index contributed by atoms with van der Waals surface area (Å²) in [5, 5.41) is 13.6. The van der Waals surface area contributed by atoms with Crippen molar-refractivity contribution in [1.82, 2.24) is 0 Å². The smallest absolute Gasteiger partial charge is 0.417 e. The van der Waals surface area contributed by atoms with Gasteiger partial charge in [-0.25, -0.2) is 4.79 Å². The van der Waals surface area contributed by atoms with E-state index in [-0.39, 0.29) is 37.3 Å². The Morgan fingerprint density at radius 1 is 0.532 bits per heavy atom. The SMILES string of the molecule is CCOP(=O)(COc1cccc(Oc2ccc(N)cc2)c1)OCC.CCOP(=O)(COc1cccc(Oc2ccc(NC(=O)Nc3ccc(Cl)c(C(F)(F)F)c3)cc2)c1)OCC.Oc1cccc(OCc2ccccc2)c1. The maximum atomic E-state index is 13.0. The Hall–Kier alpha value is -7.21. The highest BCUT2D eigenvalue weighted by Crippen LogP contribution is 2.49. The minimum Gasteiger partial charge on any atom is -0.508 e. The van der Waals surface area contributed by atoms with Gasteiger partial charge in [-0.1, -0.05) is 60.1 Å². The van der Waals surface area contributed by atoms with Crippen LogP contribution in [-0.2, 0) is 40.0 Å². The summed E-state index contributed by atoms with van der Waals surface area (Å²) < 4.78 is 113. The van der Waals surface area contributed by atoms with Crippen LogP contribution in [0.3, 0.4) is 0 Å². The first-order valence-corrected chi connectivity index (χ1v) is 27.7. The Morgan fingerprint density at radius 3 is 1.45 bits per heavy atom. The number of phenolic OH excluding ortho intramolecular Hbond substituents is 1. The summed E-state index contributed by atoms with van der Waals surface area (Å²) in [4.78, 5) is 12.2. The molecule has 77 heavy (non-hydrogen) atoms. The number of urea groups is 1. The van der Waals surface area contributed by atoms with Gasteiger partial charge in [0.1, 0.15) is 52.6 Å². The third kappa shape index (κ3) is 21.7. The maximum Gasteiger partial charge on any atom is 0.417 e. The number of ether oxygens (including phenoxy) is 5. The van der Waals surface area contributed by atoms with Crippen molar-refractivity contribution < 1.29 is 74.0 Å². The maximum absolute atomic E-state index is 13.0. The molecule has 0 aliphatic rings. The van der Waals surface area contributed by atoms with Crippen molar-refractivity contribution in [3.63, 3.8) is 0 Å². The van der Waals surface area contributed by atoms with E-state index in [1.165, 1.54) is 6.07 Å². The molecule has 0 aliphatic heterocycles. The van der Waals surface area contributed by atoms with Gasteiger partial charge >= 0.3 is 27.4 Å². The highest BCUT2D eigenvalue weighted by Gasteiger charge is 2.33. The van der Waals surface area contributed by atoms with E-state index in [4.69, 9.17) is 59.1 Å². The van der Waals surface area contributed by atoms with E-state index in [9.17, 15) is 32.2 Å². The zero-order chi connectivity index (χ0) is 55.7. The number of nitrogens with two attached hydrogens (primary N) is 1. The molecule has 16 nitrogen and oxygen atoms in total. The van der Waals surface area contributed by atoms with Gasteiger partial charge < -0.3 is 63.3 Å². The molecule has 0 aliphatic carbocycles. The Kier molecular flexibility index (Phi) is 24.0. The van der Waals surface area contributed by atoms with Crippen molar-refractivity contribution in [3.05, 3.63) is 186 Å². The van der Waals surface area contributed by atoms with Gasteiger partial charge in [0.2, 0.25) is 0 Å². The van der Waals surface area contributed by atoms with Crippen molar-refractivity contribution in [2.75, 3.05) is 55.5 Å². The lowest BCUT2D eigenvalue weighted by molar-refractivity contribution is -0.137. The molecule has 7 rings (SSSR count). The second-order valence-electron chi connectivity index (χ2n) is 15.7. The molecule has 0 atom stereocenters. The molecule has 410 valence electrons. The summed E-state index contributed by atoms with van der Waals surface area (Å²) in [6.45, 7) is 8.47. The molecule has 0 heterocycles. The fourth-order valence-corrected chi connectivity index (χ4v) is 9.27.